The highest BCUT2D eigenvalue weighted by Gasteiger charge is 2.08. The van der Waals surface area contributed by atoms with Gasteiger partial charge in [-0.05, 0) is 45.6 Å². The van der Waals surface area contributed by atoms with Crippen LogP contribution in [0.1, 0.15) is 48.7 Å². The van der Waals surface area contributed by atoms with Gasteiger partial charge in [0.05, 0.1) is 12.2 Å². The van der Waals surface area contributed by atoms with E-state index >= 15 is 0 Å². The summed E-state index contributed by atoms with van der Waals surface area (Å²) in [5.74, 6) is 0.887. The number of aromatic nitrogens is 2. The lowest BCUT2D eigenvalue weighted by Crippen LogP contribution is -2.37. The molecule has 0 radical (unpaired) electrons. The second kappa shape index (κ2) is 10.6. The quantitative estimate of drug-likeness (QED) is 0.411. The van der Waals surface area contributed by atoms with Crippen molar-refractivity contribution in [2.24, 2.45) is 12.0 Å². The maximum Gasteiger partial charge on any atom is 0.191 e. The molecule has 0 bridgehead atoms. The largest absolute Gasteiger partial charge is 0.357 e. The Bertz CT molecular complexity index is 688. The van der Waals surface area contributed by atoms with Crippen LogP contribution in [0.3, 0.4) is 0 Å². The summed E-state index contributed by atoms with van der Waals surface area (Å²) in [6, 6.07) is 10.7. The van der Waals surface area contributed by atoms with E-state index in [9.17, 15) is 0 Å². The first-order valence-electron chi connectivity index (χ1n) is 9.67. The smallest absolute Gasteiger partial charge is 0.191 e. The van der Waals surface area contributed by atoms with Gasteiger partial charge >= 0.3 is 0 Å². The topological polar surface area (TPSA) is 54.2 Å². The maximum atomic E-state index is 4.73. The molecule has 0 saturated carbocycles. The van der Waals surface area contributed by atoms with Gasteiger partial charge in [-0.3, -0.25) is 4.68 Å². The average molecular weight is 356 g/mol. The number of guanidine groups is 1. The third-order valence-corrected chi connectivity index (χ3v) is 4.68. The van der Waals surface area contributed by atoms with Crippen molar-refractivity contribution < 1.29 is 0 Å². The Balaban J connectivity index is 1.73. The van der Waals surface area contributed by atoms with E-state index in [1.165, 1.54) is 29.7 Å². The predicted molar refractivity (Wildman–Crippen MR) is 109 cm³/mol. The Morgan fingerprint density at radius 1 is 1.08 bits per heavy atom. The number of benzene rings is 1. The zero-order chi connectivity index (χ0) is 18.8. The van der Waals surface area contributed by atoms with E-state index in [1.807, 2.05) is 18.7 Å². The predicted octanol–water partition coefficient (Wildman–Crippen LogP) is 3.51. The highest BCUT2D eigenvalue weighted by molar-refractivity contribution is 5.79. The Morgan fingerprint density at radius 2 is 1.85 bits per heavy atom. The summed E-state index contributed by atoms with van der Waals surface area (Å²) in [5, 5.41) is 11.2. The molecule has 0 aliphatic rings. The van der Waals surface area contributed by atoms with Gasteiger partial charge in [-0.1, -0.05) is 36.8 Å². The van der Waals surface area contributed by atoms with Gasteiger partial charge in [-0.15, -0.1) is 0 Å². The van der Waals surface area contributed by atoms with Gasteiger partial charge in [0.1, 0.15) is 0 Å². The molecule has 0 aliphatic heterocycles. The molecule has 2 rings (SSSR count). The van der Waals surface area contributed by atoms with Crippen LogP contribution in [0.25, 0.3) is 0 Å². The van der Waals surface area contributed by atoms with Crippen LogP contribution in [0, 0.1) is 13.8 Å². The summed E-state index contributed by atoms with van der Waals surface area (Å²) in [4.78, 5) is 4.73. The van der Waals surface area contributed by atoms with E-state index in [0.717, 1.165) is 37.6 Å². The van der Waals surface area contributed by atoms with Crippen molar-refractivity contribution >= 4 is 5.96 Å². The van der Waals surface area contributed by atoms with Crippen LogP contribution >= 0.6 is 0 Å². The van der Waals surface area contributed by atoms with Gasteiger partial charge < -0.3 is 10.6 Å². The molecule has 0 aliphatic carbocycles. The fourth-order valence-corrected chi connectivity index (χ4v) is 3.03. The van der Waals surface area contributed by atoms with Crippen LogP contribution in [0.15, 0.2) is 35.3 Å². The van der Waals surface area contributed by atoms with Crippen LogP contribution in [0.5, 0.6) is 0 Å². The highest BCUT2D eigenvalue weighted by atomic mass is 15.3. The first kappa shape index (κ1) is 20.0. The molecule has 0 unspecified atom stereocenters. The summed E-state index contributed by atoms with van der Waals surface area (Å²) in [6.45, 7) is 8.71. The molecule has 0 spiro atoms. The average Bonchev–Trinajstić information content (AvgIpc) is 2.88. The minimum absolute atomic E-state index is 0.662. The minimum atomic E-state index is 0.662. The first-order chi connectivity index (χ1) is 12.6. The second-order valence-corrected chi connectivity index (χ2v) is 6.69. The van der Waals surface area contributed by atoms with Crippen molar-refractivity contribution in [2.45, 2.75) is 53.0 Å². The van der Waals surface area contributed by atoms with E-state index in [0.29, 0.717) is 6.54 Å². The van der Waals surface area contributed by atoms with Crippen LogP contribution in [-0.4, -0.2) is 28.8 Å². The molecule has 142 valence electrons. The number of unbranched alkanes of at least 4 members (excludes halogenated alkanes) is 2. The third-order valence-electron chi connectivity index (χ3n) is 4.68. The summed E-state index contributed by atoms with van der Waals surface area (Å²) in [5.41, 5.74) is 4.89. The van der Waals surface area contributed by atoms with Crippen LogP contribution in [0.4, 0.5) is 0 Å². The molecule has 1 heterocycles. The fraction of sp³-hybridized carbons (Fsp3) is 0.524. The Hall–Kier alpha value is -2.30. The van der Waals surface area contributed by atoms with E-state index < -0.39 is 0 Å². The number of hydrogen-bond donors (Lipinski definition) is 2. The number of hydrogen-bond acceptors (Lipinski definition) is 2. The molecule has 5 heteroatoms. The van der Waals surface area contributed by atoms with E-state index in [4.69, 9.17) is 4.99 Å². The van der Waals surface area contributed by atoms with Gasteiger partial charge in [0.15, 0.2) is 5.96 Å². The van der Waals surface area contributed by atoms with Crippen molar-refractivity contribution in [1.29, 1.82) is 0 Å². The first-order valence-corrected chi connectivity index (χ1v) is 9.67. The summed E-state index contributed by atoms with van der Waals surface area (Å²) in [7, 11) is 1.98. The number of aryl methyl sites for hydroxylation is 3. The Kier molecular flexibility index (Phi) is 8.19. The summed E-state index contributed by atoms with van der Waals surface area (Å²) < 4.78 is 1.92. The molecule has 2 N–H and O–H groups in total. The van der Waals surface area contributed by atoms with Crippen molar-refractivity contribution in [2.75, 3.05) is 13.1 Å². The molecule has 1 aromatic carbocycles. The molecule has 0 atom stereocenters. The molecular formula is C21H33N5. The molecule has 1 aromatic heterocycles. The van der Waals surface area contributed by atoms with Gasteiger partial charge in [-0.25, -0.2) is 4.99 Å². The minimum Gasteiger partial charge on any atom is -0.357 e. The van der Waals surface area contributed by atoms with Gasteiger partial charge in [0.25, 0.3) is 0 Å². The van der Waals surface area contributed by atoms with Gasteiger partial charge in [-0.2, -0.15) is 5.10 Å². The zero-order valence-electron chi connectivity index (χ0n) is 16.7. The fourth-order valence-electron chi connectivity index (χ4n) is 3.03. The molecule has 0 amide bonds. The lowest BCUT2D eigenvalue weighted by Gasteiger charge is -2.11. The molecule has 26 heavy (non-hydrogen) atoms. The summed E-state index contributed by atoms with van der Waals surface area (Å²) >= 11 is 0. The normalized spacial score (nSPS) is 11.6. The Morgan fingerprint density at radius 3 is 2.50 bits per heavy atom. The monoisotopic (exact) mass is 355 g/mol. The summed E-state index contributed by atoms with van der Waals surface area (Å²) in [6.07, 6.45) is 4.77. The lowest BCUT2D eigenvalue weighted by atomic mass is 10.1. The number of aliphatic imine (C=N–C) groups is 1. The van der Waals surface area contributed by atoms with Crippen molar-refractivity contribution in [3.8, 4) is 0 Å². The maximum absolute atomic E-state index is 4.73. The van der Waals surface area contributed by atoms with Crippen LogP contribution < -0.4 is 10.6 Å². The molecular weight excluding hydrogens is 322 g/mol. The van der Waals surface area contributed by atoms with E-state index in [1.54, 1.807) is 0 Å². The van der Waals surface area contributed by atoms with Crippen LogP contribution in [-0.2, 0) is 20.0 Å². The van der Waals surface area contributed by atoms with E-state index in [2.05, 4.69) is 59.9 Å². The molecule has 0 fully saturated rings. The molecule has 5 nitrogen and oxygen atoms in total. The second-order valence-electron chi connectivity index (χ2n) is 6.69. The SMILES string of the molecule is CCNC(=NCc1c(C)nn(C)c1C)NCCCCCc1ccccc1. The zero-order valence-corrected chi connectivity index (χ0v) is 16.7. The molecule has 0 saturated heterocycles. The highest BCUT2D eigenvalue weighted by Crippen LogP contribution is 2.12. The van der Waals surface area contributed by atoms with E-state index in [-0.39, 0.29) is 0 Å². The van der Waals surface area contributed by atoms with Crippen LogP contribution in [0.2, 0.25) is 0 Å². The number of nitrogens with zero attached hydrogens (tertiary/aromatic N) is 3. The Labute approximate surface area is 157 Å². The molecule has 2 aromatic rings. The van der Waals surface area contributed by atoms with Crippen molar-refractivity contribution in [3.05, 3.63) is 52.8 Å². The standard InChI is InChI=1S/C21H33N5/c1-5-22-21(24-16-20-17(2)25-26(4)18(20)3)23-15-11-7-10-14-19-12-8-6-9-13-19/h6,8-9,12-13H,5,7,10-11,14-16H2,1-4H3,(H2,22,23,24). The number of rotatable bonds is 9. The third kappa shape index (κ3) is 6.21. The van der Waals surface area contributed by atoms with Gasteiger partial charge in [0, 0.05) is 31.4 Å². The lowest BCUT2D eigenvalue weighted by molar-refractivity contribution is 0.656. The van der Waals surface area contributed by atoms with Crippen molar-refractivity contribution in [3.63, 3.8) is 0 Å². The van der Waals surface area contributed by atoms with Crippen molar-refractivity contribution in [1.82, 2.24) is 20.4 Å². The number of nitrogens with one attached hydrogen (secondary N) is 2. The van der Waals surface area contributed by atoms with Gasteiger partial charge in [0.2, 0.25) is 0 Å².